The molecule has 2 aromatic carbocycles. The number of rotatable bonds is 8. The maximum absolute atomic E-state index is 12.6. The predicted octanol–water partition coefficient (Wildman–Crippen LogP) is 3.82. The topological polar surface area (TPSA) is 67.9 Å². The van der Waals surface area contributed by atoms with Crippen LogP contribution >= 0.6 is 0 Å². The lowest BCUT2D eigenvalue weighted by Gasteiger charge is -2.32. The Morgan fingerprint density at radius 1 is 0.969 bits per heavy atom. The first kappa shape index (κ1) is 22.2. The molecule has 0 radical (unpaired) electrons. The van der Waals surface area contributed by atoms with Gasteiger partial charge in [0.25, 0.3) is 5.91 Å². The van der Waals surface area contributed by atoms with Crippen molar-refractivity contribution in [1.29, 1.82) is 0 Å². The number of nitrogens with one attached hydrogen (secondary N) is 1. The molecule has 0 spiro atoms. The summed E-state index contributed by atoms with van der Waals surface area (Å²) in [6.07, 6.45) is 5.26. The molecular weight excluding hydrogens is 404 g/mol. The molecule has 0 atom stereocenters. The summed E-state index contributed by atoms with van der Waals surface area (Å²) in [5.41, 5.74) is 2.74. The molecule has 2 fully saturated rings. The van der Waals surface area contributed by atoms with Gasteiger partial charge in [-0.05, 0) is 73.9 Å². The van der Waals surface area contributed by atoms with Crippen LogP contribution in [0.3, 0.4) is 0 Å². The molecule has 1 saturated carbocycles. The van der Waals surface area contributed by atoms with Crippen LogP contribution in [0, 0.1) is 11.8 Å². The van der Waals surface area contributed by atoms with Crippen molar-refractivity contribution in [3.8, 4) is 11.5 Å². The van der Waals surface area contributed by atoms with E-state index in [0.29, 0.717) is 35.6 Å². The lowest BCUT2D eigenvalue weighted by atomic mass is 9.89. The number of likely N-dealkylation sites (tertiary alicyclic amines) is 1. The van der Waals surface area contributed by atoms with E-state index in [1.54, 1.807) is 14.2 Å². The van der Waals surface area contributed by atoms with Gasteiger partial charge in [-0.2, -0.15) is 0 Å². The van der Waals surface area contributed by atoms with Crippen molar-refractivity contribution in [2.45, 2.75) is 38.6 Å². The molecule has 6 heteroatoms. The highest BCUT2D eigenvalue weighted by Gasteiger charge is 2.34. The molecule has 0 aromatic heterocycles. The lowest BCUT2D eigenvalue weighted by Crippen LogP contribution is -2.39. The number of hydrogen-bond donors (Lipinski definition) is 1. The van der Waals surface area contributed by atoms with Crippen LogP contribution in [0.5, 0.6) is 11.5 Å². The Balaban J connectivity index is 1.27. The van der Waals surface area contributed by atoms with Crippen LogP contribution < -0.4 is 14.8 Å². The van der Waals surface area contributed by atoms with Crippen molar-refractivity contribution in [3.05, 3.63) is 59.2 Å². The standard InChI is InChI=1S/C26H32N2O4/c1-31-23-9-10-24(32-2)22(16-23)17-27-25(29)20-5-3-18(4-6-20)15-19-11-13-28(14-12-19)26(30)21-7-8-21/h3-6,9-10,16,19,21H,7-8,11-15,17H2,1-2H3,(H,27,29). The van der Waals surface area contributed by atoms with E-state index < -0.39 is 0 Å². The van der Waals surface area contributed by atoms with Crippen LogP contribution in [0.15, 0.2) is 42.5 Å². The average molecular weight is 437 g/mol. The van der Waals surface area contributed by atoms with E-state index in [1.807, 2.05) is 42.5 Å². The summed E-state index contributed by atoms with van der Waals surface area (Å²) in [5, 5.41) is 2.96. The predicted molar refractivity (Wildman–Crippen MR) is 123 cm³/mol. The first-order valence-electron chi connectivity index (χ1n) is 11.4. The second kappa shape index (κ2) is 10.1. The second-order valence-corrected chi connectivity index (χ2v) is 8.80. The summed E-state index contributed by atoms with van der Waals surface area (Å²) in [5.74, 6) is 2.60. The molecule has 170 valence electrons. The highest BCUT2D eigenvalue weighted by molar-refractivity contribution is 5.94. The summed E-state index contributed by atoms with van der Waals surface area (Å²) in [4.78, 5) is 26.9. The Bertz CT molecular complexity index is 945. The first-order valence-corrected chi connectivity index (χ1v) is 11.4. The van der Waals surface area contributed by atoms with Gasteiger partial charge in [0, 0.05) is 36.7 Å². The monoisotopic (exact) mass is 436 g/mol. The van der Waals surface area contributed by atoms with Crippen LogP contribution in [0.1, 0.15) is 47.2 Å². The Hall–Kier alpha value is -3.02. The van der Waals surface area contributed by atoms with E-state index in [1.165, 1.54) is 5.56 Å². The number of carbonyl (C=O) groups excluding carboxylic acids is 2. The zero-order valence-corrected chi connectivity index (χ0v) is 18.9. The van der Waals surface area contributed by atoms with Crippen LogP contribution in [0.4, 0.5) is 0 Å². The molecule has 0 bridgehead atoms. The zero-order chi connectivity index (χ0) is 22.5. The average Bonchev–Trinajstić information content (AvgIpc) is 3.68. The number of ether oxygens (including phenoxy) is 2. The fourth-order valence-corrected chi connectivity index (χ4v) is 4.37. The molecule has 32 heavy (non-hydrogen) atoms. The smallest absolute Gasteiger partial charge is 0.251 e. The molecule has 4 rings (SSSR count). The third-order valence-corrected chi connectivity index (χ3v) is 6.52. The highest BCUT2D eigenvalue weighted by atomic mass is 16.5. The normalized spacial score (nSPS) is 16.5. The number of hydrogen-bond acceptors (Lipinski definition) is 4. The maximum atomic E-state index is 12.6. The summed E-state index contributed by atoms with van der Waals surface area (Å²) >= 11 is 0. The Morgan fingerprint density at radius 2 is 1.69 bits per heavy atom. The number of amides is 2. The van der Waals surface area contributed by atoms with Crippen molar-refractivity contribution < 1.29 is 19.1 Å². The molecule has 1 saturated heterocycles. The Labute approximate surface area is 189 Å². The minimum Gasteiger partial charge on any atom is -0.497 e. The van der Waals surface area contributed by atoms with Crippen molar-refractivity contribution in [2.75, 3.05) is 27.3 Å². The van der Waals surface area contributed by atoms with E-state index in [2.05, 4.69) is 10.2 Å². The quantitative estimate of drug-likeness (QED) is 0.683. The third kappa shape index (κ3) is 5.42. The summed E-state index contributed by atoms with van der Waals surface area (Å²) in [7, 11) is 3.23. The Morgan fingerprint density at radius 3 is 2.31 bits per heavy atom. The first-order chi connectivity index (χ1) is 15.6. The van der Waals surface area contributed by atoms with Gasteiger partial charge >= 0.3 is 0 Å². The van der Waals surface area contributed by atoms with Crippen LogP contribution in [0.25, 0.3) is 0 Å². The van der Waals surface area contributed by atoms with E-state index in [0.717, 1.165) is 56.5 Å². The van der Waals surface area contributed by atoms with Crippen molar-refractivity contribution >= 4 is 11.8 Å². The third-order valence-electron chi connectivity index (χ3n) is 6.52. The van der Waals surface area contributed by atoms with E-state index in [-0.39, 0.29) is 5.91 Å². The molecule has 1 heterocycles. The number of nitrogens with zero attached hydrogens (tertiary/aromatic N) is 1. The number of carbonyl (C=O) groups is 2. The van der Waals surface area contributed by atoms with Gasteiger partial charge in [-0.1, -0.05) is 12.1 Å². The van der Waals surface area contributed by atoms with Gasteiger partial charge in [0.05, 0.1) is 14.2 Å². The lowest BCUT2D eigenvalue weighted by molar-refractivity contribution is -0.133. The molecule has 6 nitrogen and oxygen atoms in total. The second-order valence-electron chi connectivity index (χ2n) is 8.80. The van der Waals surface area contributed by atoms with E-state index >= 15 is 0 Å². The number of benzene rings is 2. The van der Waals surface area contributed by atoms with Crippen molar-refractivity contribution in [3.63, 3.8) is 0 Å². The number of piperidine rings is 1. The van der Waals surface area contributed by atoms with Crippen LogP contribution in [0.2, 0.25) is 0 Å². The summed E-state index contributed by atoms with van der Waals surface area (Å²) < 4.78 is 10.6. The van der Waals surface area contributed by atoms with Gasteiger partial charge in [-0.25, -0.2) is 0 Å². The van der Waals surface area contributed by atoms with Crippen molar-refractivity contribution in [2.24, 2.45) is 11.8 Å². The fourth-order valence-electron chi connectivity index (χ4n) is 4.37. The van der Waals surface area contributed by atoms with Gasteiger partial charge in [-0.3, -0.25) is 9.59 Å². The van der Waals surface area contributed by atoms with Gasteiger partial charge in [-0.15, -0.1) is 0 Å². The largest absolute Gasteiger partial charge is 0.497 e. The van der Waals surface area contributed by atoms with Crippen LogP contribution in [-0.4, -0.2) is 44.0 Å². The van der Waals surface area contributed by atoms with Gasteiger partial charge < -0.3 is 19.7 Å². The maximum Gasteiger partial charge on any atom is 0.251 e. The van der Waals surface area contributed by atoms with Gasteiger partial charge in [0.15, 0.2) is 0 Å². The molecule has 2 aromatic rings. The van der Waals surface area contributed by atoms with Gasteiger partial charge in [0.2, 0.25) is 5.91 Å². The highest BCUT2D eigenvalue weighted by Crippen LogP contribution is 2.33. The molecule has 0 unspecified atom stereocenters. The molecule has 2 aliphatic rings. The molecular formula is C26H32N2O4. The Kier molecular flexibility index (Phi) is 6.98. The van der Waals surface area contributed by atoms with Gasteiger partial charge in [0.1, 0.15) is 11.5 Å². The van der Waals surface area contributed by atoms with Crippen LogP contribution in [-0.2, 0) is 17.8 Å². The SMILES string of the molecule is COc1ccc(OC)c(CNC(=O)c2ccc(CC3CCN(C(=O)C4CC4)CC3)cc2)c1. The number of methoxy groups -OCH3 is 2. The minimum atomic E-state index is -0.117. The zero-order valence-electron chi connectivity index (χ0n) is 18.9. The summed E-state index contributed by atoms with van der Waals surface area (Å²) in [6.45, 7) is 2.13. The van der Waals surface area contributed by atoms with E-state index in [4.69, 9.17) is 9.47 Å². The van der Waals surface area contributed by atoms with Crippen molar-refractivity contribution in [1.82, 2.24) is 10.2 Å². The minimum absolute atomic E-state index is 0.117. The molecule has 1 aliphatic heterocycles. The van der Waals surface area contributed by atoms with E-state index in [9.17, 15) is 9.59 Å². The summed E-state index contributed by atoms with van der Waals surface area (Å²) in [6, 6.07) is 13.4. The molecule has 2 amide bonds. The fraction of sp³-hybridized carbons (Fsp3) is 0.462. The molecule has 1 N–H and O–H groups in total. The molecule has 1 aliphatic carbocycles.